The van der Waals surface area contributed by atoms with Gasteiger partial charge in [-0.2, -0.15) is 0 Å². The number of benzene rings is 1. The van der Waals surface area contributed by atoms with Crippen LogP contribution in [0.4, 0.5) is 10.1 Å². The molecule has 1 heterocycles. The topological polar surface area (TPSA) is 41.3 Å². The molecule has 19 heavy (non-hydrogen) atoms. The van der Waals surface area contributed by atoms with Crippen LogP contribution in [0.1, 0.15) is 18.9 Å². The average Bonchev–Trinajstić information content (AvgIpc) is 2.34. The van der Waals surface area contributed by atoms with Gasteiger partial charge < -0.3 is 16.0 Å². The number of piperidine rings is 1. The molecule has 5 heteroatoms. The van der Waals surface area contributed by atoms with Gasteiger partial charge in [-0.25, -0.2) is 4.39 Å². The minimum atomic E-state index is -0.315. The van der Waals surface area contributed by atoms with Crippen molar-refractivity contribution in [2.75, 3.05) is 25.5 Å². The summed E-state index contributed by atoms with van der Waals surface area (Å²) in [7, 11) is 2.13. The number of nitrogens with one attached hydrogen (secondary N) is 1. The Morgan fingerprint density at radius 2 is 2.26 bits per heavy atom. The van der Waals surface area contributed by atoms with Crippen LogP contribution in [0.15, 0.2) is 18.2 Å². The van der Waals surface area contributed by atoms with Crippen molar-refractivity contribution in [2.24, 2.45) is 11.7 Å². The maximum atomic E-state index is 13.3. The summed E-state index contributed by atoms with van der Waals surface area (Å²) < 4.78 is 13.3. The molecule has 0 aliphatic carbocycles. The number of hydrogen-bond acceptors (Lipinski definition) is 3. The van der Waals surface area contributed by atoms with Gasteiger partial charge in [0.25, 0.3) is 0 Å². The predicted octanol–water partition coefficient (Wildman–Crippen LogP) is 2.21. The summed E-state index contributed by atoms with van der Waals surface area (Å²) in [6.07, 6.45) is 1.06. The zero-order chi connectivity index (χ0) is 14.0. The van der Waals surface area contributed by atoms with Crippen molar-refractivity contribution in [1.82, 2.24) is 4.90 Å². The largest absolute Gasteiger partial charge is 0.389 e. The molecule has 0 spiro atoms. The number of nitrogens with zero attached hydrogens (tertiary/aromatic N) is 1. The molecular weight excluding hydrogens is 261 g/mol. The van der Waals surface area contributed by atoms with Gasteiger partial charge in [-0.3, -0.25) is 0 Å². The number of thiocarbonyl (C=S) groups is 1. The third kappa shape index (κ3) is 3.42. The summed E-state index contributed by atoms with van der Waals surface area (Å²) in [6, 6.07) is 4.91. The van der Waals surface area contributed by atoms with E-state index in [1.165, 1.54) is 12.1 Å². The van der Waals surface area contributed by atoms with Crippen molar-refractivity contribution in [1.29, 1.82) is 0 Å². The number of halogens is 1. The number of anilines is 1. The van der Waals surface area contributed by atoms with Crippen molar-refractivity contribution in [3.05, 3.63) is 29.6 Å². The Bertz CT molecular complexity index is 478. The molecule has 104 valence electrons. The Labute approximate surface area is 119 Å². The number of nitrogens with two attached hydrogens (primary N) is 1. The van der Waals surface area contributed by atoms with E-state index in [4.69, 9.17) is 18.0 Å². The first kappa shape index (κ1) is 14.2. The molecule has 1 saturated heterocycles. The minimum absolute atomic E-state index is 0.225. The van der Waals surface area contributed by atoms with Gasteiger partial charge in [-0.1, -0.05) is 19.1 Å². The fraction of sp³-hybridized carbons (Fsp3) is 0.500. The molecule has 2 atom stereocenters. The lowest BCUT2D eigenvalue weighted by Crippen LogP contribution is -2.43. The Hall–Kier alpha value is -1.20. The van der Waals surface area contributed by atoms with Crippen LogP contribution < -0.4 is 11.1 Å². The van der Waals surface area contributed by atoms with E-state index in [0.717, 1.165) is 25.2 Å². The van der Waals surface area contributed by atoms with Crippen molar-refractivity contribution >= 4 is 22.9 Å². The maximum Gasteiger partial charge on any atom is 0.124 e. The molecule has 1 aliphatic heterocycles. The van der Waals surface area contributed by atoms with Crippen LogP contribution >= 0.6 is 12.2 Å². The van der Waals surface area contributed by atoms with Gasteiger partial charge in [-0.05, 0) is 44.1 Å². The molecule has 0 saturated carbocycles. The summed E-state index contributed by atoms with van der Waals surface area (Å²) in [5, 5.41) is 3.47. The van der Waals surface area contributed by atoms with E-state index in [1.807, 2.05) is 0 Å². The van der Waals surface area contributed by atoms with E-state index in [2.05, 4.69) is 24.2 Å². The summed E-state index contributed by atoms with van der Waals surface area (Å²) in [6.45, 7) is 4.34. The van der Waals surface area contributed by atoms with Crippen LogP contribution in [0.3, 0.4) is 0 Å². The van der Waals surface area contributed by atoms with Crippen LogP contribution in [0.2, 0.25) is 0 Å². The summed E-state index contributed by atoms with van der Waals surface area (Å²) in [4.78, 5) is 2.55. The highest BCUT2D eigenvalue weighted by Gasteiger charge is 2.24. The van der Waals surface area contributed by atoms with Crippen molar-refractivity contribution in [3.63, 3.8) is 0 Å². The maximum absolute atomic E-state index is 13.3. The molecule has 0 radical (unpaired) electrons. The van der Waals surface area contributed by atoms with E-state index in [-0.39, 0.29) is 10.8 Å². The highest BCUT2D eigenvalue weighted by Crippen LogP contribution is 2.23. The second kappa shape index (κ2) is 5.84. The predicted molar refractivity (Wildman–Crippen MR) is 81.0 cm³/mol. The molecule has 1 aromatic rings. The molecular formula is C14H20FN3S. The minimum Gasteiger partial charge on any atom is -0.389 e. The summed E-state index contributed by atoms with van der Waals surface area (Å²) in [5.41, 5.74) is 7.08. The van der Waals surface area contributed by atoms with Gasteiger partial charge in [-0.15, -0.1) is 0 Å². The molecule has 3 N–H and O–H groups in total. The number of hydrogen-bond donors (Lipinski definition) is 2. The molecule has 1 aromatic carbocycles. The monoisotopic (exact) mass is 281 g/mol. The van der Waals surface area contributed by atoms with E-state index in [1.54, 1.807) is 6.07 Å². The third-order valence-electron chi connectivity index (χ3n) is 3.70. The fourth-order valence-corrected chi connectivity index (χ4v) is 2.78. The van der Waals surface area contributed by atoms with Gasteiger partial charge in [0, 0.05) is 23.8 Å². The fourth-order valence-electron chi connectivity index (χ4n) is 2.61. The Morgan fingerprint density at radius 1 is 1.53 bits per heavy atom. The standard InChI is InChI=1S/C14H20FN3S/c1-9-8-18(2)6-5-12(9)17-13-4-3-10(15)7-11(13)14(16)19/h3-4,7,9,12,17H,5-6,8H2,1-2H3,(H2,16,19). The summed E-state index contributed by atoms with van der Waals surface area (Å²) in [5.74, 6) is 0.216. The van der Waals surface area contributed by atoms with Gasteiger partial charge in [0.15, 0.2) is 0 Å². The first-order valence-electron chi connectivity index (χ1n) is 6.52. The lowest BCUT2D eigenvalue weighted by Gasteiger charge is -2.36. The Morgan fingerprint density at radius 3 is 2.89 bits per heavy atom. The van der Waals surface area contributed by atoms with Crippen molar-refractivity contribution in [2.45, 2.75) is 19.4 Å². The number of likely N-dealkylation sites (tertiary alicyclic amines) is 1. The van der Waals surface area contributed by atoms with E-state index >= 15 is 0 Å². The van der Waals surface area contributed by atoms with Crippen LogP contribution in [0.5, 0.6) is 0 Å². The van der Waals surface area contributed by atoms with Crippen LogP contribution in [-0.2, 0) is 0 Å². The molecule has 2 rings (SSSR count). The zero-order valence-electron chi connectivity index (χ0n) is 11.3. The lowest BCUT2D eigenvalue weighted by molar-refractivity contribution is 0.206. The van der Waals surface area contributed by atoms with Gasteiger partial charge >= 0.3 is 0 Å². The van der Waals surface area contributed by atoms with Crippen LogP contribution in [0.25, 0.3) is 0 Å². The molecule has 0 amide bonds. The highest BCUT2D eigenvalue weighted by molar-refractivity contribution is 7.80. The number of rotatable bonds is 3. The quantitative estimate of drug-likeness (QED) is 0.834. The normalized spacial score (nSPS) is 24.2. The molecule has 1 aliphatic rings. The Balaban J connectivity index is 2.17. The zero-order valence-corrected chi connectivity index (χ0v) is 12.1. The summed E-state index contributed by atoms with van der Waals surface area (Å²) >= 11 is 4.99. The van der Waals surface area contributed by atoms with Gasteiger partial charge in [0.05, 0.1) is 0 Å². The van der Waals surface area contributed by atoms with E-state index in [0.29, 0.717) is 17.5 Å². The molecule has 1 fully saturated rings. The molecule has 3 nitrogen and oxygen atoms in total. The van der Waals surface area contributed by atoms with Crippen molar-refractivity contribution < 1.29 is 4.39 Å². The smallest absolute Gasteiger partial charge is 0.124 e. The first-order chi connectivity index (χ1) is 8.97. The molecule has 2 unspecified atom stereocenters. The van der Waals surface area contributed by atoms with Gasteiger partial charge in [0.2, 0.25) is 0 Å². The third-order valence-corrected chi connectivity index (χ3v) is 3.92. The van der Waals surface area contributed by atoms with E-state index < -0.39 is 0 Å². The van der Waals surface area contributed by atoms with Crippen LogP contribution in [-0.4, -0.2) is 36.1 Å². The SMILES string of the molecule is CC1CN(C)CCC1Nc1ccc(F)cc1C(N)=S. The molecule has 0 bridgehead atoms. The van der Waals surface area contributed by atoms with Crippen molar-refractivity contribution in [3.8, 4) is 0 Å². The van der Waals surface area contributed by atoms with E-state index in [9.17, 15) is 4.39 Å². The lowest BCUT2D eigenvalue weighted by atomic mass is 9.93. The second-order valence-electron chi connectivity index (χ2n) is 5.33. The van der Waals surface area contributed by atoms with Gasteiger partial charge in [0.1, 0.15) is 10.8 Å². The average molecular weight is 281 g/mol. The Kier molecular flexibility index (Phi) is 4.37. The molecule has 0 aromatic heterocycles. The second-order valence-corrected chi connectivity index (χ2v) is 5.77. The highest BCUT2D eigenvalue weighted by atomic mass is 32.1. The van der Waals surface area contributed by atoms with Crippen LogP contribution in [0, 0.1) is 11.7 Å². The first-order valence-corrected chi connectivity index (χ1v) is 6.92.